The molecule has 0 aliphatic carbocycles. The number of hydrogen-bond acceptors (Lipinski definition) is 4. The van der Waals surface area contributed by atoms with Crippen molar-refractivity contribution in [3.05, 3.63) is 0 Å². The molecule has 0 aromatic rings. The molecule has 0 unspecified atom stereocenters. The summed E-state index contributed by atoms with van der Waals surface area (Å²) >= 11 is 0. The quantitative estimate of drug-likeness (QED) is 0.270. The van der Waals surface area contributed by atoms with Gasteiger partial charge in [-0.2, -0.15) is 0 Å². The predicted molar refractivity (Wildman–Crippen MR) is 34.6 cm³/mol. The zero-order valence-electron chi connectivity index (χ0n) is 5.63. The summed E-state index contributed by atoms with van der Waals surface area (Å²) in [5.74, 6) is 0. The van der Waals surface area contributed by atoms with E-state index in [0.29, 0.717) is 0 Å². The number of rotatable bonds is 2. The molecule has 0 aromatic heterocycles. The number of aliphatic hydroxyl groups is 1. The van der Waals surface area contributed by atoms with Crippen LogP contribution in [-0.2, 0) is 0 Å². The van der Waals surface area contributed by atoms with E-state index in [4.69, 9.17) is 16.0 Å². The van der Waals surface area contributed by atoms with Crippen LogP contribution in [0.2, 0.25) is 0 Å². The van der Waals surface area contributed by atoms with Crippen molar-refractivity contribution in [3.8, 4) is 0 Å². The molecule has 54 valence electrons. The molecule has 4 N–H and O–H groups in total. The van der Waals surface area contributed by atoms with Crippen molar-refractivity contribution in [2.75, 3.05) is 6.61 Å². The van der Waals surface area contributed by atoms with Crippen LogP contribution in [0.15, 0.2) is 5.16 Å². The molecular weight excluding hydrogens is 120 g/mol. The van der Waals surface area contributed by atoms with Crippen LogP contribution in [0, 0.1) is 0 Å². The summed E-state index contributed by atoms with van der Waals surface area (Å²) in [5.41, 5.74) is 4.90. The maximum atomic E-state index is 8.49. The van der Waals surface area contributed by atoms with Gasteiger partial charge in [0.05, 0.1) is 12.1 Å². The molecule has 0 amide bonds. The Bertz CT molecular complexity index is 115. The molecule has 0 bridgehead atoms. The van der Waals surface area contributed by atoms with Crippen molar-refractivity contribution >= 4 is 5.71 Å². The lowest BCUT2D eigenvalue weighted by molar-refractivity contribution is 0.294. The van der Waals surface area contributed by atoms with Crippen LogP contribution < -0.4 is 5.73 Å². The topological polar surface area (TPSA) is 78.8 Å². The van der Waals surface area contributed by atoms with Crippen molar-refractivity contribution in [2.24, 2.45) is 10.9 Å². The first kappa shape index (κ1) is 8.39. The van der Waals surface area contributed by atoms with E-state index < -0.39 is 5.54 Å². The number of hydrogen-bond donors (Lipinski definition) is 3. The Hall–Kier alpha value is -0.610. The maximum absolute atomic E-state index is 8.49. The zero-order valence-corrected chi connectivity index (χ0v) is 5.63. The molecule has 0 aromatic carbocycles. The fourth-order valence-corrected chi connectivity index (χ4v) is 0.364. The summed E-state index contributed by atoms with van der Waals surface area (Å²) in [4.78, 5) is 0. The van der Waals surface area contributed by atoms with E-state index >= 15 is 0 Å². The molecule has 4 nitrogen and oxygen atoms in total. The van der Waals surface area contributed by atoms with E-state index in [-0.39, 0.29) is 12.3 Å². The minimum absolute atomic E-state index is 0.183. The first-order chi connectivity index (χ1) is 4.02. The molecule has 0 fully saturated rings. The van der Waals surface area contributed by atoms with Crippen molar-refractivity contribution in [1.29, 1.82) is 0 Å². The smallest absolute Gasteiger partial charge is 0.102 e. The average Bonchev–Trinajstić information content (AvgIpc) is 1.65. The molecule has 9 heavy (non-hydrogen) atoms. The lowest BCUT2D eigenvalue weighted by Crippen LogP contribution is -2.43. The van der Waals surface area contributed by atoms with E-state index in [2.05, 4.69) is 5.16 Å². The van der Waals surface area contributed by atoms with Gasteiger partial charge >= 0.3 is 0 Å². The van der Waals surface area contributed by atoms with Crippen molar-refractivity contribution < 1.29 is 10.3 Å². The molecule has 0 rings (SSSR count). The second kappa shape index (κ2) is 2.80. The molecular formula is C5H12N2O2. The Labute approximate surface area is 54.0 Å². The second-order valence-corrected chi connectivity index (χ2v) is 2.43. The van der Waals surface area contributed by atoms with Crippen molar-refractivity contribution in [2.45, 2.75) is 19.4 Å². The first-order valence-corrected chi connectivity index (χ1v) is 2.63. The molecule has 0 saturated carbocycles. The van der Waals surface area contributed by atoms with E-state index in [1.807, 2.05) is 0 Å². The Morgan fingerprint density at radius 3 is 2.11 bits per heavy atom. The fourth-order valence-electron chi connectivity index (χ4n) is 0.364. The van der Waals surface area contributed by atoms with Gasteiger partial charge in [0.15, 0.2) is 0 Å². The molecule has 0 spiro atoms. The standard InChI is InChI=1S/C5H12N2O2/c1-5(2,6)4(3-8)7-9/h8-9H,3,6H2,1-2H3. The Morgan fingerprint density at radius 1 is 1.67 bits per heavy atom. The molecule has 0 aliphatic rings. The molecule has 0 atom stereocenters. The molecule has 4 heteroatoms. The maximum Gasteiger partial charge on any atom is 0.102 e. The lowest BCUT2D eigenvalue weighted by Gasteiger charge is -2.17. The molecule has 0 heterocycles. The van der Waals surface area contributed by atoms with Crippen LogP contribution >= 0.6 is 0 Å². The normalized spacial score (nSPS) is 14.0. The number of nitrogens with two attached hydrogens (primary N) is 1. The van der Waals surface area contributed by atoms with E-state index in [1.165, 1.54) is 0 Å². The van der Waals surface area contributed by atoms with E-state index in [9.17, 15) is 0 Å². The van der Waals surface area contributed by atoms with Crippen LogP contribution in [0.5, 0.6) is 0 Å². The van der Waals surface area contributed by atoms with Gasteiger partial charge in [0.1, 0.15) is 5.71 Å². The van der Waals surface area contributed by atoms with Crippen LogP contribution in [0.25, 0.3) is 0 Å². The second-order valence-electron chi connectivity index (χ2n) is 2.43. The van der Waals surface area contributed by atoms with Gasteiger partial charge in [-0.25, -0.2) is 0 Å². The fraction of sp³-hybridized carbons (Fsp3) is 0.800. The summed E-state index contributed by atoms with van der Waals surface area (Å²) in [5, 5.41) is 19.5. The van der Waals surface area contributed by atoms with Gasteiger partial charge in [0, 0.05) is 0 Å². The highest BCUT2D eigenvalue weighted by Crippen LogP contribution is 1.98. The Morgan fingerprint density at radius 2 is 2.11 bits per heavy atom. The summed E-state index contributed by atoms with van der Waals surface area (Å²) in [7, 11) is 0. The van der Waals surface area contributed by atoms with Crippen LogP contribution in [0.1, 0.15) is 13.8 Å². The first-order valence-electron chi connectivity index (χ1n) is 2.63. The van der Waals surface area contributed by atoms with E-state index in [0.717, 1.165) is 0 Å². The minimum atomic E-state index is -0.733. The summed E-state index contributed by atoms with van der Waals surface area (Å²) in [6, 6.07) is 0. The van der Waals surface area contributed by atoms with Crippen LogP contribution in [0.3, 0.4) is 0 Å². The molecule has 0 saturated heterocycles. The van der Waals surface area contributed by atoms with Crippen molar-refractivity contribution in [1.82, 2.24) is 0 Å². The third-order valence-electron chi connectivity index (χ3n) is 1.01. The third-order valence-corrected chi connectivity index (χ3v) is 1.01. The van der Waals surface area contributed by atoms with Gasteiger partial charge < -0.3 is 16.0 Å². The summed E-state index contributed by atoms with van der Waals surface area (Å²) in [6.07, 6.45) is 0. The Balaban J connectivity index is 4.14. The minimum Gasteiger partial charge on any atom is -0.411 e. The van der Waals surface area contributed by atoms with Gasteiger partial charge in [0.2, 0.25) is 0 Å². The number of aliphatic hydroxyl groups excluding tert-OH is 1. The van der Waals surface area contributed by atoms with E-state index in [1.54, 1.807) is 13.8 Å². The van der Waals surface area contributed by atoms with Gasteiger partial charge in [0.25, 0.3) is 0 Å². The zero-order chi connectivity index (χ0) is 7.49. The monoisotopic (exact) mass is 132 g/mol. The van der Waals surface area contributed by atoms with Crippen molar-refractivity contribution in [3.63, 3.8) is 0 Å². The molecule has 0 aliphatic heterocycles. The number of nitrogens with zero attached hydrogens (tertiary/aromatic N) is 1. The summed E-state index contributed by atoms with van der Waals surface area (Å²) in [6.45, 7) is 3.00. The van der Waals surface area contributed by atoms with Gasteiger partial charge in [-0.3, -0.25) is 0 Å². The lowest BCUT2D eigenvalue weighted by atomic mass is 10.0. The highest BCUT2D eigenvalue weighted by molar-refractivity contribution is 5.92. The van der Waals surface area contributed by atoms with Crippen LogP contribution in [0.4, 0.5) is 0 Å². The highest BCUT2D eigenvalue weighted by Gasteiger charge is 2.18. The summed E-state index contributed by atoms with van der Waals surface area (Å²) < 4.78 is 0. The van der Waals surface area contributed by atoms with Gasteiger partial charge in [-0.1, -0.05) is 5.16 Å². The predicted octanol–water partition coefficient (Wildman–Crippen LogP) is -0.454. The average molecular weight is 132 g/mol. The largest absolute Gasteiger partial charge is 0.411 e. The molecule has 0 radical (unpaired) electrons. The SMILES string of the molecule is CC(C)(N)C(CO)=NO. The highest BCUT2D eigenvalue weighted by atomic mass is 16.4. The van der Waals surface area contributed by atoms with Crippen LogP contribution in [-0.4, -0.2) is 28.2 Å². The number of oxime groups is 1. The Kier molecular flexibility index (Phi) is 2.61. The third kappa shape index (κ3) is 2.43. The van der Waals surface area contributed by atoms with Gasteiger partial charge in [-0.15, -0.1) is 0 Å². The van der Waals surface area contributed by atoms with Gasteiger partial charge in [-0.05, 0) is 13.8 Å².